The normalized spacial score (nSPS) is 21.4. The zero-order chi connectivity index (χ0) is 22.2. The number of amides is 1. The molecule has 1 spiro atoms. The summed E-state index contributed by atoms with van der Waals surface area (Å²) in [5, 5.41) is 8.60. The molecule has 6 nitrogen and oxygen atoms in total. The fourth-order valence-corrected chi connectivity index (χ4v) is 5.25. The van der Waals surface area contributed by atoms with Crippen molar-refractivity contribution in [2.24, 2.45) is 5.41 Å². The Balaban J connectivity index is 1.66. The third kappa shape index (κ3) is 4.10. The van der Waals surface area contributed by atoms with Crippen LogP contribution in [-0.2, 0) is 6.54 Å². The summed E-state index contributed by atoms with van der Waals surface area (Å²) in [5.74, 6) is -0.825. The number of benzene rings is 1. The van der Waals surface area contributed by atoms with Crippen molar-refractivity contribution in [3.05, 3.63) is 47.5 Å². The second-order valence-corrected chi connectivity index (χ2v) is 9.24. The summed E-state index contributed by atoms with van der Waals surface area (Å²) >= 11 is 0. The van der Waals surface area contributed by atoms with Gasteiger partial charge < -0.3 is 14.4 Å². The van der Waals surface area contributed by atoms with E-state index in [-0.39, 0.29) is 16.9 Å². The van der Waals surface area contributed by atoms with Crippen LogP contribution in [-0.4, -0.2) is 62.7 Å². The molecule has 1 aromatic carbocycles. The van der Waals surface area contributed by atoms with E-state index in [0.717, 1.165) is 62.9 Å². The highest BCUT2D eigenvalue weighted by molar-refractivity contribution is 5.94. The van der Waals surface area contributed by atoms with Crippen molar-refractivity contribution < 1.29 is 13.6 Å². The van der Waals surface area contributed by atoms with Crippen molar-refractivity contribution in [1.82, 2.24) is 24.6 Å². The number of halogens is 2. The minimum Gasteiger partial charge on any atom is -0.337 e. The molecular weight excluding hydrogens is 400 g/mol. The summed E-state index contributed by atoms with van der Waals surface area (Å²) in [7, 11) is 0. The molecule has 3 heterocycles. The number of nitrogens with zero attached hydrogens (tertiary/aromatic N) is 5. The molecule has 0 saturated carbocycles. The number of piperidine rings is 1. The van der Waals surface area contributed by atoms with E-state index in [0.29, 0.717) is 19.1 Å². The van der Waals surface area contributed by atoms with E-state index in [1.54, 1.807) is 11.2 Å². The molecule has 2 aromatic rings. The molecule has 0 radical (unpaired) electrons. The first-order chi connectivity index (χ1) is 14.8. The predicted octanol–water partition coefficient (Wildman–Crippen LogP) is 3.70. The first-order valence-corrected chi connectivity index (χ1v) is 11.2. The number of rotatable bonds is 5. The number of aryl methyl sites for hydroxylation is 1. The molecule has 2 aliphatic heterocycles. The van der Waals surface area contributed by atoms with Crippen molar-refractivity contribution in [3.63, 3.8) is 0 Å². The molecule has 0 N–H and O–H groups in total. The van der Waals surface area contributed by atoms with E-state index >= 15 is 0 Å². The van der Waals surface area contributed by atoms with Crippen LogP contribution in [0.15, 0.2) is 24.5 Å². The highest BCUT2D eigenvalue weighted by Crippen LogP contribution is 2.50. The lowest BCUT2D eigenvalue weighted by atomic mass is 9.70. The molecule has 1 unspecified atom stereocenters. The highest BCUT2D eigenvalue weighted by atomic mass is 19.1. The van der Waals surface area contributed by atoms with Crippen LogP contribution >= 0.6 is 0 Å². The van der Waals surface area contributed by atoms with Gasteiger partial charge in [0.1, 0.15) is 23.8 Å². The van der Waals surface area contributed by atoms with Crippen molar-refractivity contribution in [2.45, 2.75) is 58.5 Å². The molecule has 168 valence electrons. The van der Waals surface area contributed by atoms with Gasteiger partial charge in [-0.25, -0.2) is 8.78 Å². The van der Waals surface area contributed by atoms with Crippen LogP contribution in [0.25, 0.3) is 0 Å². The largest absolute Gasteiger partial charge is 0.337 e. The molecule has 4 rings (SSSR count). The van der Waals surface area contributed by atoms with Gasteiger partial charge >= 0.3 is 0 Å². The monoisotopic (exact) mass is 431 g/mol. The Labute approximate surface area is 182 Å². The zero-order valence-corrected chi connectivity index (χ0v) is 18.5. The average Bonchev–Trinajstić information content (AvgIpc) is 3.34. The van der Waals surface area contributed by atoms with E-state index < -0.39 is 17.5 Å². The van der Waals surface area contributed by atoms with Crippen molar-refractivity contribution >= 4 is 5.91 Å². The topological polar surface area (TPSA) is 54.3 Å². The van der Waals surface area contributed by atoms with Crippen molar-refractivity contribution in [3.8, 4) is 0 Å². The number of hydrogen-bond donors (Lipinski definition) is 0. The molecule has 1 aromatic heterocycles. The van der Waals surface area contributed by atoms with Crippen LogP contribution in [0.1, 0.15) is 62.1 Å². The van der Waals surface area contributed by atoms with Gasteiger partial charge in [0.15, 0.2) is 0 Å². The SMILES string of the molecule is CCCn1cnnc1C1CN(C(=O)c2cc(F)ccc2F)CC12CCN(C(C)C)CC2. The molecule has 1 atom stereocenters. The molecule has 1 amide bonds. The third-order valence-corrected chi connectivity index (χ3v) is 7.04. The van der Waals surface area contributed by atoms with Crippen molar-refractivity contribution in [1.29, 1.82) is 0 Å². The second kappa shape index (κ2) is 8.65. The molecule has 2 aliphatic rings. The van der Waals surface area contributed by atoms with E-state index in [9.17, 15) is 13.6 Å². The Bertz CT molecular complexity index is 936. The van der Waals surface area contributed by atoms with Crippen LogP contribution in [0, 0.1) is 17.0 Å². The minimum absolute atomic E-state index is 0.0245. The number of likely N-dealkylation sites (tertiary alicyclic amines) is 2. The van der Waals surface area contributed by atoms with Gasteiger partial charge in [0.05, 0.1) is 5.56 Å². The van der Waals surface area contributed by atoms with Crippen LogP contribution in [0.2, 0.25) is 0 Å². The molecule has 2 saturated heterocycles. The van der Waals surface area contributed by atoms with E-state index in [2.05, 4.69) is 40.4 Å². The Hall–Kier alpha value is -2.35. The maximum atomic E-state index is 14.3. The Kier molecular flexibility index (Phi) is 6.10. The van der Waals surface area contributed by atoms with Gasteiger partial charge in [-0.15, -0.1) is 10.2 Å². The van der Waals surface area contributed by atoms with E-state index in [1.807, 2.05) is 0 Å². The average molecular weight is 432 g/mol. The van der Waals surface area contributed by atoms with Gasteiger partial charge in [-0.2, -0.15) is 0 Å². The second-order valence-electron chi connectivity index (χ2n) is 9.24. The number of carbonyl (C=O) groups is 1. The van der Waals surface area contributed by atoms with Crippen LogP contribution < -0.4 is 0 Å². The summed E-state index contributed by atoms with van der Waals surface area (Å²) in [6, 6.07) is 3.53. The summed E-state index contributed by atoms with van der Waals surface area (Å²) in [6.07, 6.45) is 4.59. The molecular formula is C23H31F2N5O. The van der Waals surface area contributed by atoms with E-state index in [4.69, 9.17) is 0 Å². The first kappa shape index (κ1) is 21.9. The first-order valence-electron chi connectivity index (χ1n) is 11.2. The molecule has 0 aliphatic carbocycles. The standard InChI is InChI=1S/C23H31F2N5O/c1-4-9-29-15-26-27-21(29)19-13-30(22(31)18-12-17(24)5-6-20(18)25)14-23(19)7-10-28(11-8-23)16(2)3/h5-6,12,15-16,19H,4,7-11,13-14H2,1-3H3. The summed E-state index contributed by atoms with van der Waals surface area (Å²) < 4.78 is 30.2. The predicted molar refractivity (Wildman–Crippen MR) is 114 cm³/mol. The maximum Gasteiger partial charge on any atom is 0.256 e. The van der Waals surface area contributed by atoms with Crippen molar-refractivity contribution in [2.75, 3.05) is 26.2 Å². The Morgan fingerprint density at radius 2 is 2.00 bits per heavy atom. The molecule has 8 heteroatoms. The Morgan fingerprint density at radius 1 is 1.26 bits per heavy atom. The lowest BCUT2D eigenvalue weighted by molar-refractivity contribution is 0.0642. The summed E-state index contributed by atoms with van der Waals surface area (Å²) in [5.41, 5.74) is -0.339. The van der Waals surface area contributed by atoms with Gasteiger partial charge in [-0.3, -0.25) is 4.79 Å². The lowest BCUT2D eigenvalue weighted by Gasteiger charge is -2.43. The quantitative estimate of drug-likeness (QED) is 0.725. The number of carbonyl (C=O) groups excluding carboxylic acids is 1. The summed E-state index contributed by atoms with van der Waals surface area (Å²) in [6.45, 7) is 10.2. The number of aromatic nitrogens is 3. The zero-order valence-electron chi connectivity index (χ0n) is 18.5. The molecule has 0 bridgehead atoms. The number of hydrogen-bond acceptors (Lipinski definition) is 4. The van der Waals surface area contributed by atoms with Gasteiger partial charge in [0, 0.05) is 37.0 Å². The van der Waals surface area contributed by atoms with Gasteiger partial charge in [0.25, 0.3) is 5.91 Å². The lowest BCUT2D eigenvalue weighted by Crippen LogP contribution is -2.46. The van der Waals surface area contributed by atoms with E-state index in [1.165, 1.54) is 0 Å². The smallest absolute Gasteiger partial charge is 0.256 e. The molecule has 31 heavy (non-hydrogen) atoms. The van der Waals surface area contributed by atoms with Crippen LogP contribution in [0.3, 0.4) is 0 Å². The van der Waals surface area contributed by atoms with Crippen LogP contribution in [0.5, 0.6) is 0 Å². The van der Waals surface area contributed by atoms with Gasteiger partial charge in [-0.05, 0) is 64.4 Å². The fraction of sp³-hybridized carbons (Fsp3) is 0.609. The summed E-state index contributed by atoms with van der Waals surface area (Å²) in [4.78, 5) is 17.4. The molecule has 2 fully saturated rings. The van der Waals surface area contributed by atoms with Gasteiger partial charge in [0.2, 0.25) is 0 Å². The van der Waals surface area contributed by atoms with Gasteiger partial charge in [-0.1, -0.05) is 6.92 Å². The third-order valence-electron chi connectivity index (χ3n) is 7.04. The minimum atomic E-state index is -0.687. The Morgan fingerprint density at radius 3 is 2.68 bits per heavy atom. The highest BCUT2D eigenvalue weighted by Gasteiger charge is 2.52. The maximum absolute atomic E-state index is 14.3. The van der Waals surface area contributed by atoms with Crippen LogP contribution in [0.4, 0.5) is 8.78 Å². The fourth-order valence-electron chi connectivity index (χ4n) is 5.25.